The van der Waals surface area contributed by atoms with Gasteiger partial charge in [-0.2, -0.15) is 0 Å². The van der Waals surface area contributed by atoms with E-state index in [-0.39, 0.29) is 0 Å². The average molecular weight is 286 g/mol. The van der Waals surface area contributed by atoms with Gasteiger partial charge in [0.2, 0.25) is 0 Å². The van der Waals surface area contributed by atoms with Crippen molar-refractivity contribution in [3.05, 3.63) is 65.7 Å². The van der Waals surface area contributed by atoms with Gasteiger partial charge < -0.3 is 10.0 Å². The lowest BCUT2D eigenvalue weighted by atomic mass is 10.1. The van der Waals surface area contributed by atoms with Crippen molar-refractivity contribution in [2.75, 3.05) is 11.9 Å². The van der Waals surface area contributed by atoms with E-state index < -0.39 is 11.8 Å². The SMILES string of the molecule is CN(Cc1cccnc1)c1cc(F)cc(/C=C/C(=O)O)c1. The monoisotopic (exact) mass is 286 g/mol. The van der Waals surface area contributed by atoms with Gasteiger partial charge >= 0.3 is 5.97 Å². The number of pyridine rings is 1. The van der Waals surface area contributed by atoms with Crippen LogP contribution in [0.5, 0.6) is 0 Å². The minimum atomic E-state index is -1.07. The fourth-order valence-electron chi connectivity index (χ4n) is 1.94. The second-order valence-electron chi connectivity index (χ2n) is 4.63. The van der Waals surface area contributed by atoms with Crippen LogP contribution in [-0.2, 0) is 11.3 Å². The molecule has 0 spiro atoms. The minimum absolute atomic E-state index is 0.407. The fourth-order valence-corrected chi connectivity index (χ4v) is 1.94. The first-order chi connectivity index (χ1) is 10.0. The van der Waals surface area contributed by atoms with Crippen molar-refractivity contribution in [3.63, 3.8) is 0 Å². The molecule has 0 radical (unpaired) electrons. The third-order valence-electron chi connectivity index (χ3n) is 2.91. The number of rotatable bonds is 5. The Kier molecular flexibility index (Phi) is 4.66. The number of carboxylic acid groups (broad SMARTS) is 1. The van der Waals surface area contributed by atoms with E-state index in [0.29, 0.717) is 17.8 Å². The Labute approximate surface area is 122 Å². The van der Waals surface area contributed by atoms with E-state index in [1.165, 1.54) is 18.2 Å². The third-order valence-corrected chi connectivity index (χ3v) is 2.91. The molecule has 108 valence electrons. The molecule has 0 aliphatic heterocycles. The molecule has 1 aromatic carbocycles. The van der Waals surface area contributed by atoms with Crippen LogP contribution in [0.2, 0.25) is 0 Å². The number of hydrogen-bond donors (Lipinski definition) is 1. The predicted molar refractivity (Wildman–Crippen MR) is 79.4 cm³/mol. The van der Waals surface area contributed by atoms with Gasteiger partial charge in [-0.05, 0) is 41.5 Å². The summed E-state index contributed by atoms with van der Waals surface area (Å²) in [7, 11) is 1.84. The molecule has 4 nitrogen and oxygen atoms in total. The highest BCUT2D eigenvalue weighted by molar-refractivity contribution is 5.85. The van der Waals surface area contributed by atoms with Gasteiger partial charge in [0, 0.05) is 37.7 Å². The molecule has 2 aromatic rings. The summed E-state index contributed by atoms with van der Waals surface area (Å²) in [5, 5.41) is 8.62. The number of halogens is 1. The zero-order valence-corrected chi connectivity index (χ0v) is 11.5. The van der Waals surface area contributed by atoms with Crippen LogP contribution >= 0.6 is 0 Å². The maximum absolute atomic E-state index is 13.6. The highest BCUT2D eigenvalue weighted by Gasteiger charge is 2.05. The first-order valence-electron chi connectivity index (χ1n) is 6.36. The molecule has 0 aliphatic carbocycles. The Morgan fingerprint density at radius 3 is 2.90 bits per heavy atom. The van der Waals surface area contributed by atoms with E-state index in [1.807, 2.05) is 24.1 Å². The molecule has 0 saturated heterocycles. The lowest BCUT2D eigenvalue weighted by molar-refractivity contribution is -0.131. The number of aliphatic carboxylic acids is 1. The predicted octanol–water partition coefficient (Wildman–Crippen LogP) is 2.95. The van der Waals surface area contributed by atoms with E-state index in [0.717, 1.165) is 11.6 Å². The maximum Gasteiger partial charge on any atom is 0.328 e. The van der Waals surface area contributed by atoms with Crippen LogP contribution < -0.4 is 4.90 Å². The Hall–Kier alpha value is -2.69. The fraction of sp³-hybridized carbons (Fsp3) is 0.125. The second kappa shape index (κ2) is 6.65. The average Bonchev–Trinajstić information content (AvgIpc) is 2.45. The lowest BCUT2D eigenvalue weighted by Crippen LogP contribution is -2.16. The van der Waals surface area contributed by atoms with Gasteiger partial charge in [-0.1, -0.05) is 6.07 Å². The standard InChI is InChI=1S/C16H15FN2O2/c1-19(11-13-3-2-6-18-10-13)15-8-12(4-5-16(20)21)7-14(17)9-15/h2-10H,11H2,1H3,(H,20,21)/b5-4+. The molecular weight excluding hydrogens is 271 g/mol. The molecule has 0 saturated carbocycles. The number of aromatic nitrogens is 1. The van der Waals surface area contributed by atoms with Crippen LogP contribution in [0.3, 0.4) is 0 Å². The summed E-state index contributed by atoms with van der Waals surface area (Å²) in [6.45, 7) is 0.583. The molecule has 0 bridgehead atoms. The van der Waals surface area contributed by atoms with Crippen molar-refractivity contribution in [3.8, 4) is 0 Å². The van der Waals surface area contributed by atoms with E-state index >= 15 is 0 Å². The molecule has 21 heavy (non-hydrogen) atoms. The molecule has 0 amide bonds. The van der Waals surface area contributed by atoms with Crippen molar-refractivity contribution < 1.29 is 14.3 Å². The van der Waals surface area contributed by atoms with Crippen LogP contribution in [0.25, 0.3) is 6.08 Å². The second-order valence-corrected chi connectivity index (χ2v) is 4.63. The molecule has 0 atom stereocenters. The van der Waals surface area contributed by atoms with Crippen molar-refractivity contribution in [2.45, 2.75) is 6.54 Å². The first-order valence-corrected chi connectivity index (χ1v) is 6.36. The number of nitrogens with zero attached hydrogens (tertiary/aromatic N) is 2. The number of carboxylic acids is 1. The van der Waals surface area contributed by atoms with Crippen molar-refractivity contribution >= 4 is 17.7 Å². The highest BCUT2D eigenvalue weighted by atomic mass is 19.1. The van der Waals surface area contributed by atoms with Gasteiger partial charge in [0.1, 0.15) is 5.82 Å². The number of benzene rings is 1. The summed E-state index contributed by atoms with van der Waals surface area (Å²) in [6.07, 6.45) is 5.80. The van der Waals surface area contributed by atoms with Gasteiger partial charge in [-0.3, -0.25) is 4.98 Å². The van der Waals surface area contributed by atoms with Crippen molar-refractivity contribution in [1.82, 2.24) is 4.98 Å². The Morgan fingerprint density at radius 2 is 2.24 bits per heavy atom. The normalized spacial score (nSPS) is 10.8. The van der Waals surface area contributed by atoms with Crippen LogP contribution in [0.4, 0.5) is 10.1 Å². The summed E-state index contributed by atoms with van der Waals surface area (Å²) >= 11 is 0. The van der Waals surface area contributed by atoms with E-state index in [1.54, 1.807) is 18.5 Å². The molecule has 1 aromatic heterocycles. The smallest absolute Gasteiger partial charge is 0.328 e. The summed E-state index contributed by atoms with van der Waals surface area (Å²) in [4.78, 5) is 16.4. The van der Waals surface area contributed by atoms with Gasteiger partial charge in [0.15, 0.2) is 0 Å². The summed E-state index contributed by atoms with van der Waals surface area (Å²) < 4.78 is 13.6. The summed E-state index contributed by atoms with van der Waals surface area (Å²) in [6, 6.07) is 8.22. The minimum Gasteiger partial charge on any atom is -0.478 e. The first kappa shape index (κ1) is 14.7. The molecule has 0 unspecified atom stereocenters. The van der Waals surface area contributed by atoms with Crippen LogP contribution in [-0.4, -0.2) is 23.1 Å². The molecular formula is C16H15FN2O2. The number of anilines is 1. The molecule has 0 fully saturated rings. The van der Waals surface area contributed by atoms with Crippen LogP contribution in [0.1, 0.15) is 11.1 Å². The Morgan fingerprint density at radius 1 is 1.43 bits per heavy atom. The maximum atomic E-state index is 13.6. The zero-order chi connectivity index (χ0) is 15.2. The molecule has 0 aliphatic rings. The van der Waals surface area contributed by atoms with Crippen molar-refractivity contribution in [1.29, 1.82) is 0 Å². The third kappa shape index (κ3) is 4.42. The molecule has 1 heterocycles. The van der Waals surface area contributed by atoms with E-state index in [2.05, 4.69) is 4.98 Å². The summed E-state index contributed by atoms with van der Waals surface area (Å²) in [5.74, 6) is -1.47. The van der Waals surface area contributed by atoms with Gasteiger partial charge in [-0.25, -0.2) is 9.18 Å². The van der Waals surface area contributed by atoms with Gasteiger partial charge in [0.05, 0.1) is 0 Å². The molecule has 1 N–H and O–H groups in total. The summed E-state index contributed by atoms with van der Waals surface area (Å²) in [5.41, 5.74) is 2.18. The molecule has 2 rings (SSSR count). The van der Waals surface area contributed by atoms with E-state index in [4.69, 9.17) is 5.11 Å². The van der Waals surface area contributed by atoms with Crippen LogP contribution in [0, 0.1) is 5.82 Å². The topological polar surface area (TPSA) is 53.4 Å². The Balaban J connectivity index is 2.20. The van der Waals surface area contributed by atoms with Gasteiger partial charge in [0.25, 0.3) is 0 Å². The largest absolute Gasteiger partial charge is 0.478 e. The number of hydrogen-bond acceptors (Lipinski definition) is 3. The highest BCUT2D eigenvalue weighted by Crippen LogP contribution is 2.20. The Bertz CT molecular complexity index is 657. The zero-order valence-electron chi connectivity index (χ0n) is 11.5. The van der Waals surface area contributed by atoms with Crippen molar-refractivity contribution in [2.24, 2.45) is 0 Å². The molecule has 5 heteroatoms. The lowest BCUT2D eigenvalue weighted by Gasteiger charge is -2.19. The quantitative estimate of drug-likeness (QED) is 0.859. The van der Waals surface area contributed by atoms with E-state index in [9.17, 15) is 9.18 Å². The van der Waals surface area contributed by atoms with Gasteiger partial charge in [-0.15, -0.1) is 0 Å². The van der Waals surface area contributed by atoms with Crippen LogP contribution in [0.15, 0.2) is 48.8 Å². The number of carbonyl (C=O) groups is 1.